The molecule has 8 nitrogen and oxygen atoms in total. The van der Waals surface area contributed by atoms with Crippen molar-refractivity contribution in [2.75, 3.05) is 33.5 Å². The van der Waals surface area contributed by atoms with Crippen LogP contribution >= 0.6 is 0 Å². The van der Waals surface area contributed by atoms with E-state index in [4.69, 9.17) is 24.7 Å². The van der Waals surface area contributed by atoms with Crippen LogP contribution in [0.15, 0.2) is 30.3 Å². The van der Waals surface area contributed by atoms with Gasteiger partial charge in [-0.1, -0.05) is 12.8 Å². The summed E-state index contributed by atoms with van der Waals surface area (Å²) < 4.78 is 22.6. The summed E-state index contributed by atoms with van der Waals surface area (Å²) in [7, 11) is 1.50. The van der Waals surface area contributed by atoms with E-state index in [0.717, 1.165) is 42.7 Å². The Balaban J connectivity index is 1.50. The number of primary amides is 1. The van der Waals surface area contributed by atoms with Gasteiger partial charge < -0.3 is 29.6 Å². The molecular weight excluding hydrogens is 436 g/mol. The van der Waals surface area contributed by atoms with Crippen molar-refractivity contribution in [1.29, 1.82) is 0 Å². The highest BCUT2D eigenvalue weighted by molar-refractivity contribution is 5.95. The van der Waals surface area contributed by atoms with Crippen LogP contribution in [-0.4, -0.2) is 50.2 Å². The van der Waals surface area contributed by atoms with E-state index in [-0.39, 0.29) is 24.0 Å². The third kappa shape index (κ3) is 3.81. The van der Waals surface area contributed by atoms with E-state index in [0.29, 0.717) is 36.8 Å². The molecule has 3 aliphatic rings. The van der Waals surface area contributed by atoms with Crippen molar-refractivity contribution >= 4 is 11.8 Å². The molecule has 1 fully saturated rings. The normalized spacial score (nSPS) is 20.1. The number of nitrogens with two attached hydrogens (primary N) is 1. The molecule has 8 heteroatoms. The van der Waals surface area contributed by atoms with E-state index in [2.05, 4.69) is 19.1 Å². The van der Waals surface area contributed by atoms with Gasteiger partial charge in [-0.2, -0.15) is 0 Å². The number of ether oxygens (including phenoxy) is 4. The minimum absolute atomic E-state index is 0.0703. The van der Waals surface area contributed by atoms with Gasteiger partial charge in [-0.05, 0) is 61.2 Å². The molecule has 180 valence electrons. The quantitative estimate of drug-likeness (QED) is 0.725. The Kier molecular flexibility index (Phi) is 5.75. The first-order chi connectivity index (χ1) is 16.4. The number of carbonyl (C=O) groups is 2. The average Bonchev–Trinajstić information content (AvgIpc) is 3.33. The summed E-state index contributed by atoms with van der Waals surface area (Å²) in [6, 6.07) is 9.10. The van der Waals surface area contributed by atoms with E-state index in [9.17, 15) is 9.59 Å². The second-order valence-electron chi connectivity index (χ2n) is 9.30. The number of fused-ring (bicyclic) bond motifs is 3. The summed E-state index contributed by atoms with van der Waals surface area (Å²) in [6.45, 7) is 3.54. The third-order valence-electron chi connectivity index (χ3n) is 7.28. The van der Waals surface area contributed by atoms with Crippen molar-refractivity contribution in [2.45, 2.75) is 44.1 Å². The van der Waals surface area contributed by atoms with Crippen molar-refractivity contribution < 1.29 is 28.5 Å². The first-order valence-corrected chi connectivity index (χ1v) is 11.8. The Morgan fingerprint density at radius 2 is 1.79 bits per heavy atom. The summed E-state index contributed by atoms with van der Waals surface area (Å²) in [5.74, 6) is 1.65. The molecule has 5 rings (SSSR count). The zero-order valence-electron chi connectivity index (χ0n) is 19.6. The van der Waals surface area contributed by atoms with Crippen molar-refractivity contribution in [3.05, 3.63) is 47.0 Å². The van der Waals surface area contributed by atoms with E-state index >= 15 is 0 Å². The summed E-state index contributed by atoms with van der Waals surface area (Å²) in [5, 5.41) is 0. The summed E-state index contributed by atoms with van der Waals surface area (Å²) >= 11 is 0. The predicted octanol–water partition coefficient (Wildman–Crippen LogP) is 3.36. The second kappa shape index (κ2) is 8.74. The molecule has 0 radical (unpaired) electrons. The highest BCUT2D eigenvalue weighted by Crippen LogP contribution is 2.52. The lowest BCUT2D eigenvalue weighted by Crippen LogP contribution is -2.48. The molecule has 2 aliphatic heterocycles. The molecule has 0 saturated heterocycles. The Labute approximate surface area is 198 Å². The van der Waals surface area contributed by atoms with E-state index in [1.54, 1.807) is 18.2 Å². The fourth-order valence-electron chi connectivity index (χ4n) is 5.59. The predicted molar refractivity (Wildman–Crippen MR) is 125 cm³/mol. The number of carbonyl (C=O) groups excluding carboxylic acids is 2. The molecule has 1 unspecified atom stereocenters. The van der Waals surface area contributed by atoms with Crippen molar-refractivity contribution in [1.82, 2.24) is 4.90 Å². The van der Waals surface area contributed by atoms with Crippen LogP contribution < -0.4 is 24.7 Å². The Hall–Kier alpha value is -3.42. The maximum Gasteiger partial charge on any atom is 0.255 e. The molecule has 1 aliphatic carbocycles. The Morgan fingerprint density at radius 1 is 1.09 bits per heavy atom. The van der Waals surface area contributed by atoms with Gasteiger partial charge >= 0.3 is 0 Å². The molecule has 2 amide bonds. The molecule has 2 aromatic carbocycles. The molecular formula is C26H30N2O6. The van der Waals surface area contributed by atoms with Crippen LogP contribution in [0.2, 0.25) is 0 Å². The van der Waals surface area contributed by atoms with Gasteiger partial charge in [0.15, 0.2) is 29.6 Å². The van der Waals surface area contributed by atoms with Crippen molar-refractivity contribution in [3.63, 3.8) is 0 Å². The molecule has 1 atom stereocenters. The standard InChI is InChI=1S/C26H30N2O6/c1-16-18-12-22-23(33-10-9-32-22)13-19(18)26(7-3-4-8-26)15-28(16)25(30)17-5-6-20(21(11-17)31-2)34-14-24(27)29/h5-6,11-13,16H,3-4,7-10,14-15H2,1-2H3,(H2,27,29). The van der Waals surface area contributed by atoms with Crippen LogP contribution in [0.1, 0.15) is 60.1 Å². The first-order valence-electron chi connectivity index (χ1n) is 11.8. The molecule has 2 heterocycles. The Morgan fingerprint density at radius 3 is 2.47 bits per heavy atom. The number of rotatable bonds is 5. The van der Waals surface area contributed by atoms with Crippen LogP contribution in [0.3, 0.4) is 0 Å². The number of benzene rings is 2. The number of methoxy groups -OCH3 is 1. The van der Waals surface area contributed by atoms with Gasteiger partial charge in [0.05, 0.1) is 13.2 Å². The van der Waals surface area contributed by atoms with Gasteiger partial charge in [-0.15, -0.1) is 0 Å². The molecule has 2 aromatic rings. The zero-order chi connectivity index (χ0) is 23.9. The third-order valence-corrected chi connectivity index (χ3v) is 7.28. The molecule has 1 spiro atoms. The summed E-state index contributed by atoms with van der Waals surface area (Å²) in [5.41, 5.74) is 8.02. The van der Waals surface area contributed by atoms with Gasteiger partial charge in [0.2, 0.25) is 0 Å². The van der Waals surface area contributed by atoms with Crippen LogP contribution in [0, 0.1) is 0 Å². The van der Waals surface area contributed by atoms with Crippen LogP contribution in [0.4, 0.5) is 0 Å². The van der Waals surface area contributed by atoms with Crippen LogP contribution in [-0.2, 0) is 10.2 Å². The summed E-state index contributed by atoms with van der Waals surface area (Å²) in [4.78, 5) is 26.8. The second-order valence-corrected chi connectivity index (χ2v) is 9.30. The molecule has 2 N–H and O–H groups in total. The lowest BCUT2D eigenvalue weighted by Gasteiger charge is -2.46. The van der Waals surface area contributed by atoms with E-state index in [1.807, 2.05) is 4.90 Å². The van der Waals surface area contributed by atoms with Gasteiger partial charge in [0.25, 0.3) is 11.8 Å². The molecule has 0 aromatic heterocycles. The molecule has 34 heavy (non-hydrogen) atoms. The maximum absolute atomic E-state index is 13.8. The monoisotopic (exact) mass is 466 g/mol. The van der Waals surface area contributed by atoms with Gasteiger partial charge in [-0.25, -0.2) is 0 Å². The number of amides is 2. The topological polar surface area (TPSA) is 100 Å². The minimum atomic E-state index is -0.582. The number of hydrogen-bond acceptors (Lipinski definition) is 6. The van der Waals surface area contributed by atoms with E-state index < -0.39 is 5.91 Å². The minimum Gasteiger partial charge on any atom is -0.493 e. The fraction of sp³-hybridized carbons (Fsp3) is 0.462. The van der Waals surface area contributed by atoms with Gasteiger partial charge in [0.1, 0.15) is 13.2 Å². The van der Waals surface area contributed by atoms with Gasteiger partial charge in [0, 0.05) is 17.5 Å². The van der Waals surface area contributed by atoms with Gasteiger partial charge in [-0.3, -0.25) is 9.59 Å². The highest BCUT2D eigenvalue weighted by atomic mass is 16.6. The first kappa shape index (κ1) is 22.4. The number of nitrogens with zero attached hydrogens (tertiary/aromatic N) is 1. The highest BCUT2D eigenvalue weighted by Gasteiger charge is 2.46. The Bertz CT molecular complexity index is 1120. The van der Waals surface area contributed by atoms with Crippen molar-refractivity contribution in [3.8, 4) is 23.0 Å². The zero-order valence-corrected chi connectivity index (χ0v) is 19.6. The summed E-state index contributed by atoms with van der Waals surface area (Å²) in [6.07, 6.45) is 4.37. The number of hydrogen-bond donors (Lipinski definition) is 1. The van der Waals surface area contributed by atoms with Crippen LogP contribution in [0.5, 0.6) is 23.0 Å². The lowest BCUT2D eigenvalue weighted by atomic mass is 9.71. The lowest BCUT2D eigenvalue weighted by molar-refractivity contribution is -0.119. The van der Waals surface area contributed by atoms with E-state index in [1.165, 1.54) is 12.7 Å². The van der Waals surface area contributed by atoms with Crippen LogP contribution in [0.25, 0.3) is 0 Å². The molecule has 1 saturated carbocycles. The fourth-order valence-corrected chi connectivity index (χ4v) is 5.59. The SMILES string of the molecule is COc1cc(C(=O)N2CC3(CCCC3)c3cc4c(cc3C2C)OCCO4)ccc1OCC(N)=O. The average molecular weight is 467 g/mol. The maximum atomic E-state index is 13.8. The van der Waals surface area contributed by atoms with Crippen molar-refractivity contribution in [2.24, 2.45) is 5.73 Å². The smallest absolute Gasteiger partial charge is 0.255 e. The largest absolute Gasteiger partial charge is 0.493 e. The molecule has 0 bridgehead atoms.